The molecule has 0 saturated carbocycles. The van der Waals surface area contributed by atoms with Gasteiger partial charge in [-0.25, -0.2) is 0 Å². The Balaban J connectivity index is 1.30. The molecule has 4 nitrogen and oxygen atoms in total. The number of hydrogen-bond donors (Lipinski definition) is 1. The number of β-amino-alcohol motifs (C(OH)–C–C–N with tert-alkyl or cyclic N) is 1. The standard InChI is InChI=1S/C23H27N3O/c27-21(11-10-19-6-2-1-3-7-19)18-25-12-14-26(15-13-25)23-17-24-16-20-8-4-5-9-22(20)23/h1-9,16-17,21,27H,10-15,18H2/t21-/m1/s1. The van der Waals surface area contributed by atoms with E-state index in [1.165, 1.54) is 22.0 Å². The lowest BCUT2D eigenvalue weighted by Gasteiger charge is -2.37. The van der Waals surface area contributed by atoms with Gasteiger partial charge >= 0.3 is 0 Å². The Morgan fingerprint density at radius 2 is 1.63 bits per heavy atom. The molecule has 2 aromatic carbocycles. The van der Waals surface area contributed by atoms with E-state index in [1.54, 1.807) is 0 Å². The summed E-state index contributed by atoms with van der Waals surface area (Å²) < 4.78 is 0. The first-order chi connectivity index (χ1) is 13.3. The topological polar surface area (TPSA) is 39.6 Å². The second-order valence-corrected chi connectivity index (χ2v) is 7.35. The number of benzene rings is 2. The molecule has 4 rings (SSSR count). The second-order valence-electron chi connectivity index (χ2n) is 7.35. The van der Waals surface area contributed by atoms with Crippen molar-refractivity contribution < 1.29 is 5.11 Å². The monoisotopic (exact) mass is 361 g/mol. The predicted octanol–water partition coefficient (Wildman–Crippen LogP) is 3.35. The first-order valence-corrected chi connectivity index (χ1v) is 9.81. The van der Waals surface area contributed by atoms with E-state index in [0.29, 0.717) is 0 Å². The number of hydrogen-bond acceptors (Lipinski definition) is 4. The number of pyridine rings is 1. The number of anilines is 1. The Hall–Kier alpha value is -2.43. The van der Waals surface area contributed by atoms with E-state index >= 15 is 0 Å². The van der Waals surface area contributed by atoms with Gasteiger partial charge in [0.15, 0.2) is 0 Å². The first-order valence-electron chi connectivity index (χ1n) is 9.81. The van der Waals surface area contributed by atoms with Crippen molar-refractivity contribution in [3.63, 3.8) is 0 Å². The zero-order valence-electron chi connectivity index (χ0n) is 15.7. The van der Waals surface area contributed by atoms with Crippen LogP contribution in [0, 0.1) is 0 Å². The van der Waals surface area contributed by atoms with Gasteiger partial charge in [-0.05, 0) is 18.4 Å². The normalized spacial score (nSPS) is 16.6. The average Bonchev–Trinajstić information content (AvgIpc) is 2.73. The van der Waals surface area contributed by atoms with Gasteiger partial charge in [0.2, 0.25) is 0 Å². The molecule has 0 radical (unpaired) electrons. The van der Waals surface area contributed by atoms with Crippen molar-refractivity contribution in [2.24, 2.45) is 0 Å². The Labute approximate surface area is 161 Å². The summed E-state index contributed by atoms with van der Waals surface area (Å²) in [6.45, 7) is 4.66. The molecular weight excluding hydrogens is 334 g/mol. The van der Waals surface area contributed by atoms with Crippen molar-refractivity contribution in [2.75, 3.05) is 37.6 Å². The van der Waals surface area contributed by atoms with E-state index in [2.05, 4.69) is 63.3 Å². The summed E-state index contributed by atoms with van der Waals surface area (Å²) in [5, 5.41) is 12.9. The Kier molecular flexibility index (Phi) is 5.66. The fourth-order valence-electron chi connectivity index (χ4n) is 3.89. The van der Waals surface area contributed by atoms with Crippen molar-refractivity contribution in [1.82, 2.24) is 9.88 Å². The number of aryl methyl sites for hydroxylation is 1. The van der Waals surface area contributed by atoms with Crippen LogP contribution < -0.4 is 4.90 Å². The van der Waals surface area contributed by atoms with Gasteiger partial charge in [-0.15, -0.1) is 0 Å². The Morgan fingerprint density at radius 3 is 2.44 bits per heavy atom. The van der Waals surface area contributed by atoms with Gasteiger partial charge in [0, 0.05) is 49.7 Å². The third kappa shape index (κ3) is 4.46. The number of rotatable bonds is 6. The smallest absolute Gasteiger partial charge is 0.0670 e. The Bertz CT molecular complexity index is 854. The number of aliphatic hydroxyl groups is 1. The molecule has 0 spiro atoms. The minimum atomic E-state index is -0.268. The van der Waals surface area contributed by atoms with Crippen LogP contribution in [0.4, 0.5) is 5.69 Å². The number of fused-ring (bicyclic) bond motifs is 1. The van der Waals surface area contributed by atoms with Crippen molar-refractivity contribution in [2.45, 2.75) is 18.9 Å². The van der Waals surface area contributed by atoms with Crippen molar-refractivity contribution in [3.05, 3.63) is 72.6 Å². The first kappa shape index (κ1) is 18.0. The third-order valence-corrected chi connectivity index (χ3v) is 5.44. The zero-order valence-corrected chi connectivity index (χ0v) is 15.7. The molecule has 0 amide bonds. The summed E-state index contributed by atoms with van der Waals surface area (Å²) >= 11 is 0. The van der Waals surface area contributed by atoms with Crippen LogP contribution in [0.3, 0.4) is 0 Å². The molecule has 1 fully saturated rings. The number of aromatic nitrogens is 1. The maximum absolute atomic E-state index is 10.4. The lowest BCUT2D eigenvalue weighted by molar-refractivity contribution is 0.102. The molecule has 0 aliphatic carbocycles. The van der Waals surface area contributed by atoms with Gasteiger partial charge in [-0.2, -0.15) is 0 Å². The van der Waals surface area contributed by atoms with Crippen LogP contribution >= 0.6 is 0 Å². The lowest BCUT2D eigenvalue weighted by Crippen LogP contribution is -2.48. The fourth-order valence-corrected chi connectivity index (χ4v) is 3.89. The van der Waals surface area contributed by atoms with Gasteiger partial charge in [0.25, 0.3) is 0 Å². The highest BCUT2D eigenvalue weighted by molar-refractivity contribution is 5.93. The van der Waals surface area contributed by atoms with Gasteiger partial charge in [-0.3, -0.25) is 9.88 Å². The van der Waals surface area contributed by atoms with E-state index in [-0.39, 0.29) is 6.10 Å². The van der Waals surface area contributed by atoms with Crippen LogP contribution in [0.5, 0.6) is 0 Å². The molecule has 1 N–H and O–H groups in total. The molecule has 4 heteroatoms. The minimum absolute atomic E-state index is 0.268. The third-order valence-electron chi connectivity index (χ3n) is 5.44. The highest BCUT2D eigenvalue weighted by Crippen LogP contribution is 2.26. The Morgan fingerprint density at radius 1 is 0.889 bits per heavy atom. The van der Waals surface area contributed by atoms with Crippen LogP contribution in [-0.4, -0.2) is 53.8 Å². The highest BCUT2D eigenvalue weighted by Gasteiger charge is 2.20. The molecule has 2 heterocycles. The average molecular weight is 361 g/mol. The van der Waals surface area contributed by atoms with E-state index in [1.807, 2.05) is 18.5 Å². The molecule has 3 aromatic rings. The van der Waals surface area contributed by atoms with Crippen LogP contribution in [0.2, 0.25) is 0 Å². The van der Waals surface area contributed by atoms with Crippen LogP contribution in [0.1, 0.15) is 12.0 Å². The SMILES string of the molecule is O[C@H](CCc1ccccc1)CN1CCN(c2cncc3ccccc23)CC1. The quantitative estimate of drug-likeness (QED) is 0.731. The van der Waals surface area contributed by atoms with Gasteiger partial charge < -0.3 is 10.0 Å². The fraction of sp³-hybridized carbons (Fsp3) is 0.348. The van der Waals surface area contributed by atoms with Crippen LogP contribution in [0.25, 0.3) is 10.8 Å². The van der Waals surface area contributed by atoms with Crippen molar-refractivity contribution in [1.29, 1.82) is 0 Å². The molecule has 1 saturated heterocycles. The second kappa shape index (κ2) is 8.51. The van der Waals surface area contributed by atoms with E-state index < -0.39 is 0 Å². The summed E-state index contributed by atoms with van der Waals surface area (Å²) in [6, 6.07) is 18.8. The lowest BCUT2D eigenvalue weighted by atomic mass is 10.1. The van der Waals surface area contributed by atoms with Crippen molar-refractivity contribution in [3.8, 4) is 0 Å². The maximum Gasteiger partial charge on any atom is 0.0670 e. The van der Waals surface area contributed by atoms with E-state index in [0.717, 1.165) is 45.6 Å². The molecule has 140 valence electrons. The summed E-state index contributed by atoms with van der Waals surface area (Å²) in [7, 11) is 0. The molecule has 0 bridgehead atoms. The molecule has 1 aliphatic rings. The molecular formula is C23H27N3O. The largest absolute Gasteiger partial charge is 0.392 e. The number of nitrogens with zero attached hydrogens (tertiary/aromatic N) is 3. The molecule has 27 heavy (non-hydrogen) atoms. The maximum atomic E-state index is 10.4. The van der Waals surface area contributed by atoms with Gasteiger partial charge in [-0.1, -0.05) is 54.6 Å². The zero-order chi connectivity index (χ0) is 18.5. The summed E-state index contributed by atoms with van der Waals surface area (Å²) in [6.07, 6.45) is 5.39. The van der Waals surface area contributed by atoms with Crippen molar-refractivity contribution >= 4 is 16.5 Å². The number of aliphatic hydroxyl groups excluding tert-OH is 1. The highest BCUT2D eigenvalue weighted by atomic mass is 16.3. The summed E-state index contributed by atoms with van der Waals surface area (Å²) in [5.74, 6) is 0. The van der Waals surface area contributed by atoms with Gasteiger partial charge in [0.05, 0.1) is 18.0 Å². The van der Waals surface area contributed by atoms with E-state index in [4.69, 9.17) is 0 Å². The number of piperazine rings is 1. The molecule has 0 unspecified atom stereocenters. The summed E-state index contributed by atoms with van der Waals surface area (Å²) in [5.41, 5.74) is 2.52. The minimum Gasteiger partial charge on any atom is -0.392 e. The van der Waals surface area contributed by atoms with Gasteiger partial charge in [0.1, 0.15) is 0 Å². The van der Waals surface area contributed by atoms with Crippen LogP contribution in [0.15, 0.2) is 67.0 Å². The van der Waals surface area contributed by atoms with Crippen LogP contribution in [-0.2, 0) is 6.42 Å². The van der Waals surface area contributed by atoms with E-state index in [9.17, 15) is 5.11 Å². The molecule has 1 aliphatic heterocycles. The molecule has 1 atom stereocenters. The molecule has 1 aromatic heterocycles. The predicted molar refractivity (Wildman–Crippen MR) is 111 cm³/mol. The summed E-state index contributed by atoms with van der Waals surface area (Å²) in [4.78, 5) is 9.21.